The van der Waals surface area contributed by atoms with Gasteiger partial charge in [-0.3, -0.25) is 9.97 Å². The molecule has 0 amide bonds. The van der Waals surface area contributed by atoms with Crippen molar-refractivity contribution in [2.24, 2.45) is 0 Å². The maximum absolute atomic E-state index is 4.66. The van der Waals surface area contributed by atoms with Gasteiger partial charge in [-0.25, -0.2) is 0 Å². The first-order valence-electron chi connectivity index (χ1n) is 22.2. The van der Waals surface area contributed by atoms with E-state index in [4.69, 9.17) is 0 Å². The van der Waals surface area contributed by atoms with Gasteiger partial charge in [-0.2, -0.15) is 0 Å². The van der Waals surface area contributed by atoms with E-state index in [2.05, 4.69) is 180 Å². The SMILES string of the molecule is c1ccc(-c2c3cccc4c5ccccc5c(c34)c3c4ccc5c6ccc7c8c(ccc(c9ccc(c23)c4c95)c86)-c2c-7c(-c3cccnc3)c3ccccc3c2-c2cccnc2)cc1. The van der Waals surface area contributed by atoms with Crippen LogP contribution in [0.2, 0.25) is 0 Å². The summed E-state index contributed by atoms with van der Waals surface area (Å²) in [5.41, 5.74) is 12.4. The summed E-state index contributed by atoms with van der Waals surface area (Å²) in [7, 11) is 0. The van der Waals surface area contributed by atoms with E-state index in [-0.39, 0.29) is 0 Å². The van der Waals surface area contributed by atoms with Crippen molar-refractivity contribution in [3.8, 4) is 55.6 Å². The zero-order chi connectivity index (χ0) is 41.4. The van der Waals surface area contributed by atoms with Crippen molar-refractivity contribution in [3.63, 3.8) is 0 Å². The molecule has 16 rings (SSSR count). The molecule has 0 radical (unpaired) electrons. The van der Waals surface area contributed by atoms with Crippen LogP contribution in [0.1, 0.15) is 0 Å². The third kappa shape index (κ3) is 3.87. The zero-order valence-corrected chi connectivity index (χ0v) is 34.4. The van der Waals surface area contributed by atoms with Crippen molar-refractivity contribution < 1.29 is 0 Å². The maximum Gasteiger partial charge on any atom is 0.0346 e. The number of fused-ring (bicyclic) bond motifs is 13. The second-order valence-electron chi connectivity index (χ2n) is 17.8. The summed E-state index contributed by atoms with van der Waals surface area (Å²) in [6, 6.07) is 64.0. The first-order chi connectivity index (χ1) is 31.8. The zero-order valence-electron chi connectivity index (χ0n) is 34.4. The normalized spacial score (nSPS) is 12.7. The number of rotatable bonds is 3. The molecule has 0 N–H and O–H groups in total. The molecule has 2 aromatic heterocycles. The highest BCUT2D eigenvalue weighted by Crippen LogP contribution is 2.61. The van der Waals surface area contributed by atoms with E-state index < -0.39 is 0 Å². The van der Waals surface area contributed by atoms with Crippen LogP contribution in [0.25, 0.3) is 163 Å². The molecular weight excluding hydrogens is 773 g/mol. The van der Waals surface area contributed by atoms with Gasteiger partial charge in [0.2, 0.25) is 0 Å². The van der Waals surface area contributed by atoms with E-state index in [1.807, 2.05) is 24.8 Å². The molecule has 2 nitrogen and oxygen atoms in total. The number of nitrogens with zero attached hydrogens (tertiary/aromatic N) is 2. The van der Waals surface area contributed by atoms with Crippen LogP contribution < -0.4 is 0 Å². The molecule has 2 heteroatoms. The monoisotopic (exact) mass is 804 g/mol. The third-order valence-corrected chi connectivity index (χ3v) is 15.0. The minimum atomic E-state index is 1.12. The van der Waals surface area contributed by atoms with Crippen molar-refractivity contribution in [2.75, 3.05) is 0 Å². The van der Waals surface area contributed by atoms with Gasteiger partial charge >= 0.3 is 0 Å². The topological polar surface area (TPSA) is 25.8 Å². The molecule has 0 unspecified atom stereocenters. The van der Waals surface area contributed by atoms with Gasteiger partial charge in [0.1, 0.15) is 0 Å². The van der Waals surface area contributed by atoms with E-state index in [0.717, 1.165) is 11.1 Å². The van der Waals surface area contributed by atoms with Gasteiger partial charge in [-0.05, 0) is 164 Å². The smallest absolute Gasteiger partial charge is 0.0346 e. The molecule has 0 aliphatic heterocycles. The standard InChI is InChI=1S/C62H32N2/c1-2-11-33(12-3-1)50-45-20-8-19-37-36-15-4-5-16-38(36)58(55(37)45)62-49-28-24-44-42-23-27-48-56-47(26-22-41(53(42)56)43-21-25-46(59(50)62)57(49)54(43)44)60-51(34-13-9-29-63-31-34)39-17-6-7-18-40(39)52(61(48)60)35-14-10-30-64-32-35/h1-32H. The number of hydrogen-bond acceptors (Lipinski definition) is 2. The fourth-order valence-corrected chi connectivity index (χ4v) is 12.7. The lowest BCUT2D eigenvalue weighted by molar-refractivity contribution is 1.33. The first kappa shape index (κ1) is 33.2. The van der Waals surface area contributed by atoms with Gasteiger partial charge in [-0.15, -0.1) is 0 Å². The van der Waals surface area contributed by atoms with Crippen LogP contribution >= 0.6 is 0 Å². The number of benzene rings is 11. The van der Waals surface area contributed by atoms with Crippen LogP contribution in [-0.2, 0) is 0 Å². The summed E-state index contributed by atoms with van der Waals surface area (Å²) >= 11 is 0. The minimum Gasteiger partial charge on any atom is -0.264 e. The lowest BCUT2D eigenvalue weighted by Crippen LogP contribution is -1.94. The molecule has 13 aromatic carbocycles. The Bertz CT molecular complexity index is 4360. The molecular formula is C62H32N2. The Morgan fingerprint density at radius 3 is 1.22 bits per heavy atom. The van der Waals surface area contributed by atoms with Crippen LogP contribution in [-0.4, -0.2) is 9.97 Å². The van der Waals surface area contributed by atoms with E-state index in [0.29, 0.717) is 0 Å². The molecule has 0 atom stereocenters. The summed E-state index contributed by atoms with van der Waals surface area (Å²) in [5, 5.41) is 26.5. The highest BCUT2D eigenvalue weighted by molar-refractivity contribution is 6.51. The van der Waals surface area contributed by atoms with Crippen molar-refractivity contribution in [1.82, 2.24) is 9.97 Å². The second kappa shape index (κ2) is 11.7. The summed E-state index contributed by atoms with van der Waals surface area (Å²) in [6.07, 6.45) is 7.79. The van der Waals surface area contributed by atoms with Crippen molar-refractivity contribution in [1.29, 1.82) is 0 Å². The molecule has 0 saturated carbocycles. The van der Waals surface area contributed by atoms with Gasteiger partial charge in [0.05, 0.1) is 0 Å². The first-order valence-corrected chi connectivity index (χ1v) is 22.2. The highest BCUT2D eigenvalue weighted by atomic mass is 14.6. The Morgan fingerprint density at radius 2 is 0.609 bits per heavy atom. The summed E-state index contributed by atoms with van der Waals surface area (Å²) in [4.78, 5) is 9.31. The second-order valence-corrected chi connectivity index (χ2v) is 17.8. The Labute approximate surface area is 366 Å². The van der Waals surface area contributed by atoms with E-state index in [9.17, 15) is 0 Å². The molecule has 64 heavy (non-hydrogen) atoms. The Morgan fingerprint density at radius 1 is 0.203 bits per heavy atom. The van der Waals surface area contributed by atoms with Crippen LogP contribution in [0.15, 0.2) is 195 Å². The third-order valence-electron chi connectivity index (χ3n) is 15.0. The minimum absolute atomic E-state index is 1.12. The van der Waals surface area contributed by atoms with Crippen LogP contribution in [0.3, 0.4) is 0 Å². The predicted molar refractivity (Wildman–Crippen MR) is 271 cm³/mol. The van der Waals surface area contributed by atoms with Gasteiger partial charge in [0.15, 0.2) is 0 Å². The molecule has 0 fully saturated rings. The van der Waals surface area contributed by atoms with Gasteiger partial charge < -0.3 is 0 Å². The number of pyridine rings is 2. The van der Waals surface area contributed by atoms with Gasteiger partial charge in [0.25, 0.3) is 0 Å². The van der Waals surface area contributed by atoms with Crippen molar-refractivity contribution in [3.05, 3.63) is 195 Å². The van der Waals surface area contributed by atoms with Crippen LogP contribution in [0.4, 0.5) is 0 Å². The van der Waals surface area contributed by atoms with Crippen LogP contribution in [0.5, 0.6) is 0 Å². The molecule has 1 aliphatic carbocycles. The Balaban J connectivity index is 1.09. The predicted octanol–water partition coefficient (Wildman–Crippen LogP) is 17.0. The quantitative estimate of drug-likeness (QED) is 0.131. The summed E-state index contributed by atoms with van der Waals surface area (Å²) < 4.78 is 0. The summed E-state index contributed by atoms with van der Waals surface area (Å²) in [6.45, 7) is 0. The average Bonchev–Trinajstić information content (AvgIpc) is 4.00. The molecule has 290 valence electrons. The molecule has 1 aliphatic rings. The van der Waals surface area contributed by atoms with Gasteiger partial charge in [0, 0.05) is 35.9 Å². The molecule has 15 aromatic rings. The van der Waals surface area contributed by atoms with Crippen LogP contribution in [0, 0.1) is 0 Å². The molecule has 0 spiro atoms. The highest BCUT2D eigenvalue weighted by Gasteiger charge is 2.33. The average molecular weight is 805 g/mol. The maximum atomic E-state index is 4.66. The fourth-order valence-electron chi connectivity index (χ4n) is 12.7. The van der Waals surface area contributed by atoms with E-state index in [1.54, 1.807) is 0 Å². The Hall–Kier alpha value is -8.46. The van der Waals surface area contributed by atoms with Crippen molar-refractivity contribution in [2.45, 2.75) is 0 Å². The molecule has 0 bridgehead atoms. The van der Waals surface area contributed by atoms with E-state index in [1.165, 1.54) is 152 Å². The lowest BCUT2D eigenvalue weighted by Gasteiger charge is -2.20. The fraction of sp³-hybridized carbons (Fsp3) is 0. The molecule has 0 saturated heterocycles. The molecule has 2 heterocycles. The number of aromatic nitrogens is 2. The number of hydrogen-bond donors (Lipinski definition) is 0. The largest absolute Gasteiger partial charge is 0.264 e. The Kier molecular flexibility index (Phi) is 6.08. The lowest BCUT2D eigenvalue weighted by atomic mass is 9.83. The van der Waals surface area contributed by atoms with Gasteiger partial charge in [-0.1, -0.05) is 158 Å². The van der Waals surface area contributed by atoms with Crippen molar-refractivity contribution >= 4 is 108 Å². The van der Waals surface area contributed by atoms with E-state index >= 15 is 0 Å². The summed E-state index contributed by atoms with van der Waals surface area (Å²) in [5.74, 6) is 0.